The van der Waals surface area contributed by atoms with E-state index in [1.54, 1.807) is 0 Å². The average Bonchev–Trinajstić information content (AvgIpc) is 2.35. The van der Waals surface area contributed by atoms with E-state index in [4.69, 9.17) is 5.73 Å². The molecule has 0 fully saturated rings. The van der Waals surface area contributed by atoms with Crippen LogP contribution in [0.4, 0.5) is 19.0 Å². The van der Waals surface area contributed by atoms with Crippen LogP contribution >= 0.6 is 0 Å². The molecule has 19 heavy (non-hydrogen) atoms. The van der Waals surface area contributed by atoms with E-state index < -0.39 is 17.5 Å². The summed E-state index contributed by atoms with van der Waals surface area (Å²) < 4.78 is 39.8. The molecule has 100 valence electrons. The molecule has 1 aromatic heterocycles. The van der Waals surface area contributed by atoms with Crippen LogP contribution in [-0.4, -0.2) is 9.97 Å². The van der Waals surface area contributed by atoms with E-state index in [9.17, 15) is 13.2 Å². The van der Waals surface area contributed by atoms with Gasteiger partial charge in [0.15, 0.2) is 17.5 Å². The van der Waals surface area contributed by atoms with Gasteiger partial charge in [-0.2, -0.15) is 0 Å². The number of benzene rings is 1. The minimum Gasteiger partial charge on any atom is -0.384 e. The summed E-state index contributed by atoms with van der Waals surface area (Å²) >= 11 is 0. The number of nitrogens with zero attached hydrogens (tertiary/aromatic N) is 2. The maximum atomic E-state index is 13.7. The van der Waals surface area contributed by atoms with Crippen molar-refractivity contribution in [3.63, 3.8) is 0 Å². The van der Waals surface area contributed by atoms with Gasteiger partial charge in [0.25, 0.3) is 0 Å². The lowest BCUT2D eigenvalue weighted by Gasteiger charge is -2.09. The van der Waals surface area contributed by atoms with E-state index >= 15 is 0 Å². The predicted molar refractivity (Wildman–Crippen MR) is 65.8 cm³/mol. The summed E-state index contributed by atoms with van der Waals surface area (Å²) in [5.74, 6) is -3.51. The highest BCUT2D eigenvalue weighted by atomic mass is 19.2. The molecule has 0 aliphatic rings. The molecule has 0 radical (unpaired) electrons. The second-order valence-electron chi connectivity index (χ2n) is 4.41. The summed E-state index contributed by atoms with van der Waals surface area (Å²) in [6.45, 7) is 3.69. The molecular formula is C13H12F3N3. The van der Waals surface area contributed by atoms with E-state index in [0.29, 0.717) is 5.82 Å². The van der Waals surface area contributed by atoms with Crippen molar-refractivity contribution in [2.75, 3.05) is 5.73 Å². The lowest BCUT2D eigenvalue weighted by Crippen LogP contribution is -2.04. The molecule has 0 aliphatic heterocycles. The summed E-state index contributed by atoms with van der Waals surface area (Å²) in [6, 6.07) is 3.29. The molecule has 1 aromatic carbocycles. The number of rotatable bonds is 2. The summed E-state index contributed by atoms with van der Waals surface area (Å²) in [5, 5.41) is 0. The van der Waals surface area contributed by atoms with Gasteiger partial charge in [0.2, 0.25) is 0 Å². The molecular weight excluding hydrogens is 255 g/mol. The van der Waals surface area contributed by atoms with Gasteiger partial charge in [-0.25, -0.2) is 23.1 Å². The maximum absolute atomic E-state index is 13.7. The molecule has 0 bridgehead atoms. The van der Waals surface area contributed by atoms with Crippen molar-refractivity contribution in [3.8, 4) is 11.3 Å². The van der Waals surface area contributed by atoms with E-state index in [-0.39, 0.29) is 23.0 Å². The molecule has 2 rings (SSSR count). The van der Waals surface area contributed by atoms with Gasteiger partial charge in [-0.05, 0) is 12.1 Å². The second-order valence-corrected chi connectivity index (χ2v) is 4.41. The normalized spacial score (nSPS) is 11.1. The first kappa shape index (κ1) is 13.3. The third-order valence-electron chi connectivity index (χ3n) is 2.59. The summed E-state index contributed by atoms with van der Waals surface area (Å²) in [6.07, 6.45) is 0. The fourth-order valence-corrected chi connectivity index (χ4v) is 1.61. The molecule has 0 saturated carbocycles. The van der Waals surface area contributed by atoms with Crippen molar-refractivity contribution in [2.24, 2.45) is 0 Å². The van der Waals surface area contributed by atoms with Crippen molar-refractivity contribution in [3.05, 3.63) is 41.5 Å². The van der Waals surface area contributed by atoms with E-state index in [2.05, 4.69) is 9.97 Å². The Kier molecular flexibility index (Phi) is 3.42. The first-order valence-electron chi connectivity index (χ1n) is 5.68. The third-order valence-corrected chi connectivity index (χ3v) is 2.59. The Morgan fingerprint density at radius 1 is 1.05 bits per heavy atom. The van der Waals surface area contributed by atoms with Crippen LogP contribution < -0.4 is 5.73 Å². The zero-order chi connectivity index (χ0) is 14.2. The fraction of sp³-hybridized carbons (Fsp3) is 0.231. The molecule has 0 aliphatic carbocycles. The number of halogens is 3. The molecule has 0 atom stereocenters. The van der Waals surface area contributed by atoms with Gasteiger partial charge in [-0.3, -0.25) is 0 Å². The Hall–Kier alpha value is -2.11. The third kappa shape index (κ3) is 2.52. The molecule has 0 amide bonds. The van der Waals surface area contributed by atoms with Crippen molar-refractivity contribution >= 4 is 5.82 Å². The SMILES string of the molecule is CC(C)c1nc(N)cc(-c2ccc(F)c(F)c2F)n1. The second kappa shape index (κ2) is 4.87. The highest BCUT2D eigenvalue weighted by molar-refractivity contribution is 5.62. The van der Waals surface area contributed by atoms with Gasteiger partial charge in [0.05, 0.1) is 5.69 Å². The van der Waals surface area contributed by atoms with Crippen LogP contribution in [0.15, 0.2) is 18.2 Å². The van der Waals surface area contributed by atoms with Crippen molar-refractivity contribution in [1.82, 2.24) is 9.97 Å². The van der Waals surface area contributed by atoms with Gasteiger partial charge in [0.1, 0.15) is 11.6 Å². The van der Waals surface area contributed by atoms with E-state index in [1.807, 2.05) is 13.8 Å². The lowest BCUT2D eigenvalue weighted by atomic mass is 10.1. The van der Waals surface area contributed by atoms with Crippen LogP contribution in [0.1, 0.15) is 25.6 Å². The van der Waals surface area contributed by atoms with Crippen LogP contribution in [-0.2, 0) is 0 Å². The first-order chi connectivity index (χ1) is 8.90. The zero-order valence-electron chi connectivity index (χ0n) is 10.4. The van der Waals surface area contributed by atoms with Gasteiger partial charge in [0, 0.05) is 17.5 Å². The highest BCUT2D eigenvalue weighted by Gasteiger charge is 2.17. The largest absolute Gasteiger partial charge is 0.384 e. The van der Waals surface area contributed by atoms with Crippen molar-refractivity contribution < 1.29 is 13.2 Å². The van der Waals surface area contributed by atoms with E-state index in [0.717, 1.165) is 12.1 Å². The number of anilines is 1. The monoisotopic (exact) mass is 267 g/mol. The number of aromatic nitrogens is 2. The zero-order valence-corrected chi connectivity index (χ0v) is 10.4. The van der Waals surface area contributed by atoms with Crippen LogP contribution in [0.5, 0.6) is 0 Å². The number of hydrogen-bond donors (Lipinski definition) is 1. The molecule has 2 N–H and O–H groups in total. The molecule has 3 nitrogen and oxygen atoms in total. The number of nitrogen functional groups attached to an aromatic ring is 1. The highest BCUT2D eigenvalue weighted by Crippen LogP contribution is 2.26. The fourth-order valence-electron chi connectivity index (χ4n) is 1.61. The van der Waals surface area contributed by atoms with Crippen LogP contribution in [0.25, 0.3) is 11.3 Å². The Balaban J connectivity index is 2.62. The maximum Gasteiger partial charge on any atom is 0.195 e. The molecule has 6 heteroatoms. The number of hydrogen-bond acceptors (Lipinski definition) is 3. The van der Waals surface area contributed by atoms with Gasteiger partial charge >= 0.3 is 0 Å². The standard InChI is InChI=1S/C13H12F3N3/c1-6(2)13-18-9(5-10(17)19-13)7-3-4-8(14)12(16)11(7)15/h3-6H,1-2H3,(H2,17,18,19). The first-order valence-corrected chi connectivity index (χ1v) is 5.68. The van der Waals surface area contributed by atoms with Crippen LogP contribution in [0.3, 0.4) is 0 Å². The Bertz CT molecular complexity index is 627. The van der Waals surface area contributed by atoms with E-state index in [1.165, 1.54) is 6.07 Å². The van der Waals surface area contributed by atoms with Crippen molar-refractivity contribution in [2.45, 2.75) is 19.8 Å². The van der Waals surface area contributed by atoms with Crippen LogP contribution in [0.2, 0.25) is 0 Å². The molecule has 0 unspecified atom stereocenters. The minimum atomic E-state index is -1.53. The van der Waals surface area contributed by atoms with Crippen molar-refractivity contribution in [1.29, 1.82) is 0 Å². The average molecular weight is 267 g/mol. The van der Waals surface area contributed by atoms with Gasteiger partial charge in [-0.1, -0.05) is 13.8 Å². The van der Waals surface area contributed by atoms with Gasteiger partial charge in [-0.15, -0.1) is 0 Å². The molecule has 0 saturated heterocycles. The van der Waals surface area contributed by atoms with Crippen LogP contribution in [0, 0.1) is 17.5 Å². The Labute approximate surface area is 108 Å². The molecule has 1 heterocycles. The number of nitrogens with two attached hydrogens (primary N) is 1. The smallest absolute Gasteiger partial charge is 0.195 e. The molecule has 2 aromatic rings. The topological polar surface area (TPSA) is 51.8 Å². The quantitative estimate of drug-likeness (QED) is 0.850. The summed E-state index contributed by atoms with van der Waals surface area (Å²) in [7, 11) is 0. The lowest BCUT2D eigenvalue weighted by molar-refractivity contribution is 0.448. The summed E-state index contributed by atoms with van der Waals surface area (Å²) in [4.78, 5) is 8.12. The Morgan fingerprint density at radius 2 is 1.74 bits per heavy atom. The molecule has 0 spiro atoms. The summed E-state index contributed by atoms with van der Waals surface area (Å²) in [5.41, 5.74) is 5.60. The predicted octanol–water partition coefficient (Wildman–Crippen LogP) is 3.27. The Morgan fingerprint density at radius 3 is 2.37 bits per heavy atom. The van der Waals surface area contributed by atoms with Gasteiger partial charge < -0.3 is 5.73 Å². The minimum absolute atomic E-state index is 0.0180.